The number of hydrogen-bond acceptors (Lipinski definition) is 13. The summed E-state index contributed by atoms with van der Waals surface area (Å²) in [6.45, 7) is 12.9. The number of unbranched alkanes of at least 4 members (excludes halogenated alkanes) is 11. The quantitative estimate of drug-likeness (QED) is 0.0430. The van der Waals surface area contributed by atoms with Crippen LogP contribution in [0.1, 0.15) is 144 Å². The van der Waals surface area contributed by atoms with Gasteiger partial charge in [0.05, 0.1) is 46.2 Å². The van der Waals surface area contributed by atoms with Crippen LogP contribution in [0, 0.1) is 0 Å². The molecule has 0 heterocycles. The molecular weight excluding hydrogens is 766 g/mol. The second kappa shape index (κ2) is 35.6. The summed E-state index contributed by atoms with van der Waals surface area (Å²) >= 11 is 0. The molecule has 3 N–H and O–H groups in total. The van der Waals surface area contributed by atoms with Gasteiger partial charge >= 0.3 is 11.9 Å². The molecule has 0 aromatic rings. The third kappa shape index (κ3) is 38.8. The number of esters is 2. The lowest BCUT2D eigenvalue weighted by atomic mass is 10.0. The fraction of sp³-hybridized carbons (Fsp3) is 0.860. The molecule has 0 aromatic carbocycles. The number of ether oxygens (including phenoxy) is 7. The zero-order chi connectivity index (χ0) is 44.2. The van der Waals surface area contributed by atoms with Crippen LogP contribution in [-0.2, 0) is 61.9 Å². The van der Waals surface area contributed by atoms with E-state index < -0.39 is 29.3 Å². The molecule has 2 atom stereocenters. The Morgan fingerprint density at radius 1 is 0.559 bits per heavy atom. The minimum absolute atomic E-state index is 0.0182. The Labute approximate surface area is 353 Å². The number of rotatable bonds is 38. The Morgan fingerprint density at radius 3 is 1.58 bits per heavy atom. The van der Waals surface area contributed by atoms with E-state index in [1.54, 1.807) is 20.8 Å². The first-order chi connectivity index (χ1) is 28.1. The molecule has 0 fully saturated rings. The van der Waals surface area contributed by atoms with Gasteiger partial charge in [-0.1, -0.05) is 64.2 Å². The van der Waals surface area contributed by atoms with Crippen LogP contribution in [0.15, 0.2) is 0 Å². The van der Waals surface area contributed by atoms with Gasteiger partial charge in [-0.3, -0.25) is 19.2 Å². The summed E-state index contributed by atoms with van der Waals surface area (Å²) in [5.74, 6) is -1.50. The van der Waals surface area contributed by atoms with Gasteiger partial charge in [0.2, 0.25) is 17.7 Å². The molecule has 16 heteroatoms. The Bertz CT molecular complexity index is 1140. The predicted octanol–water partition coefficient (Wildman–Crippen LogP) is 4.91. The van der Waals surface area contributed by atoms with E-state index >= 15 is 0 Å². The molecule has 16 nitrogen and oxygen atoms in total. The molecule has 0 saturated carbocycles. The standard InChI is InChI=1S/C43H79N3O13/c1-42(2,3)58-40(51)21-19-17-15-13-11-9-8-10-12-14-16-18-20-38(49)46-36(41(52)59-43(4,5)6)22-23-37(48)44-24-26-54-28-29-56-34-39(50)45-25-27-55-30-31-57-35(32-47)33-53-7/h32,35-36H,8-31,33-34H2,1-7H3,(H,44,48)(H,45,50)(H,46,49)/t35?,36-/m0/s1. The van der Waals surface area contributed by atoms with Crippen molar-refractivity contribution in [1.29, 1.82) is 0 Å². The summed E-state index contributed by atoms with van der Waals surface area (Å²) < 4.78 is 37.1. The Hall–Kier alpha value is -3.18. The maximum Gasteiger partial charge on any atom is 0.329 e. The molecule has 0 bridgehead atoms. The third-order valence-corrected chi connectivity index (χ3v) is 8.43. The summed E-state index contributed by atoms with van der Waals surface area (Å²) in [5.41, 5.74) is -1.16. The molecule has 0 spiro atoms. The number of hydrogen-bond donors (Lipinski definition) is 3. The molecular formula is C43H79N3O13. The Morgan fingerprint density at radius 2 is 1.05 bits per heavy atom. The summed E-state index contributed by atoms with van der Waals surface area (Å²) in [5, 5.41) is 8.19. The molecule has 0 aliphatic carbocycles. The van der Waals surface area contributed by atoms with Gasteiger partial charge in [-0.05, 0) is 60.8 Å². The highest BCUT2D eigenvalue weighted by molar-refractivity contribution is 5.85. The minimum atomic E-state index is -0.932. The molecule has 59 heavy (non-hydrogen) atoms. The lowest BCUT2D eigenvalue weighted by Gasteiger charge is -2.24. The zero-order valence-corrected chi connectivity index (χ0v) is 37.4. The number of carbonyl (C=O) groups excluding carboxylic acids is 6. The molecule has 0 aliphatic rings. The average Bonchev–Trinajstić information content (AvgIpc) is 3.15. The first-order valence-corrected chi connectivity index (χ1v) is 21.6. The van der Waals surface area contributed by atoms with Gasteiger partial charge in [0, 0.05) is 39.5 Å². The van der Waals surface area contributed by atoms with Crippen molar-refractivity contribution in [1.82, 2.24) is 16.0 Å². The van der Waals surface area contributed by atoms with Gasteiger partial charge < -0.3 is 53.9 Å². The third-order valence-electron chi connectivity index (χ3n) is 8.43. The lowest BCUT2D eigenvalue weighted by molar-refractivity contribution is -0.159. The fourth-order valence-corrected chi connectivity index (χ4v) is 5.58. The number of nitrogens with one attached hydrogen (secondary N) is 3. The van der Waals surface area contributed by atoms with Crippen LogP contribution in [0.4, 0.5) is 0 Å². The summed E-state index contributed by atoms with van der Waals surface area (Å²) in [6.07, 6.45) is 13.9. The van der Waals surface area contributed by atoms with Crippen molar-refractivity contribution in [3.05, 3.63) is 0 Å². The zero-order valence-electron chi connectivity index (χ0n) is 37.4. The highest BCUT2D eigenvalue weighted by atomic mass is 16.6. The monoisotopic (exact) mass is 846 g/mol. The van der Waals surface area contributed by atoms with Crippen molar-refractivity contribution in [2.75, 3.05) is 73.1 Å². The maximum absolute atomic E-state index is 12.9. The number of methoxy groups -OCH3 is 1. The largest absolute Gasteiger partial charge is 0.460 e. The van der Waals surface area contributed by atoms with Crippen LogP contribution >= 0.6 is 0 Å². The molecule has 0 radical (unpaired) electrons. The lowest BCUT2D eigenvalue weighted by Crippen LogP contribution is -2.44. The van der Waals surface area contributed by atoms with Crippen LogP contribution in [0.5, 0.6) is 0 Å². The van der Waals surface area contributed by atoms with E-state index in [9.17, 15) is 28.8 Å². The van der Waals surface area contributed by atoms with Crippen molar-refractivity contribution in [2.24, 2.45) is 0 Å². The topological polar surface area (TPSA) is 203 Å². The van der Waals surface area contributed by atoms with Crippen molar-refractivity contribution >= 4 is 35.9 Å². The molecule has 0 saturated heterocycles. The highest BCUT2D eigenvalue weighted by Gasteiger charge is 2.27. The van der Waals surface area contributed by atoms with E-state index in [1.807, 2.05) is 20.8 Å². The van der Waals surface area contributed by atoms with E-state index in [-0.39, 0.29) is 95.9 Å². The van der Waals surface area contributed by atoms with Crippen LogP contribution in [0.2, 0.25) is 0 Å². The molecule has 0 aromatic heterocycles. The summed E-state index contributed by atoms with van der Waals surface area (Å²) in [4.78, 5) is 72.5. The van der Waals surface area contributed by atoms with Crippen molar-refractivity contribution in [3.63, 3.8) is 0 Å². The Kier molecular flexibility index (Phi) is 33.6. The normalized spacial score (nSPS) is 12.7. The van der Waals surface area contributed by atoms with Crippen molar-refractivity contribution < 1.29 is 61.9 Å². The van der Waals surface area contributed by atoms with E-state index in [2.05, 4.69) is 16.0 Å². The first kappa shape index (κ1) is 55.8. The predicted molar refractivity (Wildman–Crippen MR) is 224 cm³/mol. The molecule has 1 unspecified atom stereocenters. The molecule has 344 valence electrons. The second-order valence-corrected chi connectivity index (χ2v) is 16.5. The van der Waals surface area contributed by atoms with Gasteiger partial charge in [0.1, 0.15) is 30.0 Å². The number of aldehydes is 1. The van der Waals surface area contributed by atoms with Gasteiger partial charge in [-0.2, -0.15) is 0 Å². The fourth-order valence-electron chi connectivity index (χ4n) is 5.58. The number of carbonyl (C=O) groups is 6. The van der Waals surface area contributed by atoms with E-state index in [0.29, 0.717) is 25.7 Å². The number of amides is 3. The maximum atomic E-state index is 12.9. The van der Waals surface area contributed by atoms with Crippen molar-refractivity contribution in [2.45, 2.75) is 168 Å². The second-order valence-electron chi connectivity index (χ2n) is 16.5. The summed E-state index contributed by atoms with van der Waals surface area (Å²) in [6, 6.07) is -0.932. The SMILES string of the molecule is COCC(C=O)OCCOCCNC(=O)COCCOCCNC(=O)CC[C@H](NC(=O)CCCCCCCCCCCCCCC(=O)OC(C)(C)C)C(=O)OC(C)(C)C. The van der Waals surface area contributed by atoms with Gasteiger partial charge in [0.25, 0.3) is 0 Å². The minimum Gasteiger partial charge on any atom is -0.460 e. The van der Waals surface area contributed by atoms with Gasteiger partial charge in [-0.15, -0.1) is 0 Å². The van der Waals surface area contributed by atoms with Crippen molar-refractivity contribution in [3.8, 4) is 0 Å². The van der Waals surface area contributed by atoms with E-state index in [1.165, 1.54) is 39.2 Å². The van der Waals surface area contributed by atoms with E-state index in [4.69, 9.17) is 33.2 Å². The van der Waals surface area contributed by atoms with Crippen LogP contribution < -0.4 is 16.0 Å². The van der Waals surface area contributed by atoms with Gasteiger partial charge in [-0.25, -0.2) is 4.79 Å². The van der Waals surface area contributed by atoms with Crippen LogP contribution in [0.25, 0.3) is 0 Å². The average molecular weight is 846 g/mol. The summed E-state index contributed by atoms with van der Waals surface area (Å²) in [7, 11) is 1.48. The molecule has 3 amide bonds. The molecule has 0 aliphatic heterocycles. The van der Waals surface area contributed by atoms with E-state index in [0.717, 1.165) is 44.9 Å². The smallest absolute Gasteiger partial charge is 0.329 e. The van der Waals surface area contributed by atoms with Crippen LogP contribution in [0.3, 0.4) is 0 Å². The highest BCUT2D eigenvalue weighted by Crippen LogP contribution is 2.15. The van der Waals surface area contributed by atoms with Gasteiger partial charge in [0.15, 0.2) is 6.29 Å². The first-order valence-electron chi connectivity index (χ1n) is 21.6. The van der Waals surface area contributed by atoms with Crippen LogP contribution in [-0.4, -0.2) is 132 Å². The Balaban J connectivity index is 4.04. The molecule has 0 rings (SSSR count).